The molecule has 1 unspecified atom stereocenters. The number of fused-ring (bicyclic) bond motifs is 2. The molecule has 0 saturated carbocycles. The van der Waals surface area contributed by atoms with Crippen molar-refractivity contribution in [2.45, 2.75) is 44.4 Å². The maximum Gasteiger partial charge on any atom is 0.303 e. The smallest absolute Gasteiger partial charge is 0.303 e. The summed E-state index contributed by atoms with van der Waals surface area (Å²) < 4.78 is 0. The number of rotatable bonds is 11. The van der Waals surface area contributed by atoms with Crippen molar-refractivity contribution in [3.05, 3.63) is 65.2 Å². The van der Waals surface area contributed by atoms with Crippen LogP contribution in [0.15, 0.2) is 48.5 Å². The van der Waals surface area contributed by atoms with Gasteiger partial charge >= 0.3 is 5.97 Å². The number of aliphatic carboxylic acids is 1. The van der Waals surface area contributed by atoms with Gasteiger partial charge in [-0.1, -0.05) is 70.7 Å². The average molecular weight is 497 g/mol. The molecule has 0 saturated heterocycles. The van der Waals surface area contributed by atoms with Crippen LogP contribution in [0.1, 0.15) is 49.3 Å². The number of hydrogen-bond donors (Lipinski definition) is 2. The molecular formula is C26H28N2O4S2. The molecule has 1 aliphatic rings. The zero-order valence-electron chi connectivity index (χ0n) is 19.1. The minimum atomic E-state index is -0.782. The quantitative estimate of drug-likeness (QED) is 0.271. The highest BCUT2D eigenvalue weighted by atomic mass is 33.1. The molecule has 0 bridgehead atoms. The minimum absolute atomic E-state index is 0.113. The number of carbonyl (C=O) groups is 3. The molecule has 2 amide bonds. The molecule has 0 radical (unpaired) electrons. The third kappa shape index (κ3) is 7.86. The monoisotopic (exact) mass is 496 g/mol. The highest BCUT2D eigenvalue weighted by molar-refractivity contribution is 8.76. The van der Waals surface area contributed by atoms with E-state index in [4.69, 9.17) is 5.11 Å². The first-order valence-electron chi connectivity index (χ1n) is 11.2. The molecule has 6 nitrogen and oxygen atoms in total. The van der Waals surface area contributed by atoms with Gasteiger partial charge in [-0.05, 0) is 30.2 Å². The number of hydrogen-bond acceptors (Lipinski definition) is 5. The topological polar surface area (TPSA) is 86.7 Å². The normalized spacial score (nSPS) is 12.8. The number of carbonyl (C=O) groups excluding carboxylic acids is 2. The van der Waals surface area contributed by atoms with Crippen molar-refractivity contribution >= 4 is 45.1 Å². The van der Waals surface area contributed by atoms with Crippen LogP contribution in [0.2, 0.25) is 0 Å². The van der Waals surface area contributed by atoms with E-state index in [-0.39, 0.29) is 36.3 Å². The van der Waals surface area contributed by atoms with Crippen LogP contribution in [0.3, 0.4) is 0 Å². The second kappa shape index (κ2) is 13.1. The standard InChI is InChI=1S/C26H28N2O4S2/c1-19(10-15-26(31)32)34-33-17-16-27-24(29)13-14-25(30)28-18-22-8-3-2-6-20(22)11-12-21-7-4-5-9-23(21)28/h2-9,19H,10,13-18H2,1H3,(H,27,29)(H,31,32). The van der Waals surface area contributed by atoms with Gasteiger partial charge in [0.2, 0.25) is 11.8 Å². The molecular weight excluding hydrogens is 468 g/mol. The third-order valence-corrected chi connectivity index (χ3v) is 8.21. The van der Waals surface area contributed by atoms with E-state index >= 15 is 0 Å². The minimum Gasteiger partial charge on any atom is -0.481 e. The summed E-state index contributed by atoms with van der Waals surface area (Å²) in [7, 11) is 3.24. The van der Waals surface area contributed by atoms with Crippen LogP contribution in [0.25, 0.3) is 0 Å². The zero-order valence-corrected chi connectivity index (χ0v) is 20.7. The highest BCUT2D eigenvalue weighted by Gasteiger charge is 2.21. The van der Waals surface area contributed by atoms with Gasteiger partial charge in [-0.25, -0.2) is 0 Å². The Balaban J connectivity index is 1.48. The fourth-order valence-electron chi connectivity index (χ4n) is 3.42. The van der Waals surface area contributed by atoms with Crippen molar-refractivity contribution in [1.82, 2.24) is 5.32 Å². The van der Waals surface area contributed by atoms with Gasteiger partial charge in [0.1, 0.15) is 0 Å². The van der Waals surface area contributed by atoms with Crippen molar-refractivity contribution < 1.29 is 19.5 Å². The second-order valence-corrected chi connectivity index (χ2v) is 10.8. The van der Waals surface area contributed by atoms with Crippen LogP contribution in [0, 0.1) is 11.8 Å². The molecule has 2 aromatic carbocycles. The van der Waals surface area contributed by atoms with Gasteiger partial charge in [-0.2, -0.15) is 0 Å². The van der Waals surface area contributed by atoms with Crippen molar-refractivity contribution in [2.24, 2.45) is 0 Å². The van der Waals surface area contributed by atoms with Gasteiger partial charge in [-0.15, -0.1) is 0 Å². The number of carboxylic acids is 1. The first-order valence-corrected chi connectivity index (χ1v) is 13.6. The maximum absolute atomic E-state index is 13.1. The summed E-state index contributed by atoms with van der Waals surface area (Å²) in [5, 5.41) is 11.8. The fraction of sp³-hybridized carbons (Fsp3) is 0.346. The summed E-state index contributed by atoms with van der Waals surface area (Å²) in [5.74, 6) is 6.05. The molecule has 178 valence electrons. The van der Waals surface area contributed by atoms with E-state index in [0.717, 1.165) is 28.1 Å². The van der Waals surface area contributed by atoms with Crippen LogP contribution in [-0.4, -0.2) is 40.4 Å². The summed E-state index contributed by atoms with van der Waals surface area (Å²) in [6.07, 6.45) is 1.03. The predicted molar refractivity (Wildman–Crippen MR) is 139 cm³/mol. The van der Waals surface area contributed by atoms with Gasteiger partial charge in [-0.3, -0.25) is 14.4 Å². The summed E-state index contributed by atoms with van der Waals surface area (Å²) in [6.45, 7) is 2.92. The lowest BCUT2D eigenvalue weighted by Gasteiger charge is -2.26. The Kier molecular flexibility index (Phi) is 9.92. The summed E-state index contributed by atoms with van der Waals surface area (Å²) in [5.41, 5.74) is 3.44. The lowest BCUT2D eigenvalue weighted by atomic mass is 10.0. The molecule has 34 heavy (non-hydrogen) atoms. The summed E-state index contributed by atoms with van der Waals surface area (Å²) >= 11 is 0. The molecule has 1 atom stereocenters. The average Bonchev–Trinajstić information content (AvgIpc) is 2.82. The molecule has 0 fully saturated rings. The fourth-order valence-corrected chi connectivity index (χ4v) is 5.67. The molecule has 0 aliphatic carbocycles. The molecule has 1 heterocycles. The van der Waals surface area contributed by atoms with E-state index in [1.54, 1.807) is 26.5 Å². The Labute approximate surface area is 208 Å². The summed E-state index contributed by atoms with van der Waals surface area (Å²) in [6, 6.07) is 15.4. The molecule has 0 aromatic heterocycles. The van der Waals surface area contributed by atoms with Crippen LogP contribution < -0.4 is 10.2 Å². The molecule has 3 rings (SSSR count). The predicted octanol–water partition coefficient (Wildman–Crippen LogP) is 4.46. The number of anilines is 1. The molecule has 2 N–H and O–H groups in total. The van der Waals surface area contributed by atoms with Gasteiger partial charge < -0.3 is 15.3 Å². The first-order chi connectivity index (χ1) is 16.4. The molecule has 1 aliphatic heterocycles. The lowest BCUT2D eigenvalue weighted by Crippen LogP contribution is -2.33. The summed E-state index contributed by atoms with van der Waals surface area (Å²) in [4.78, 5) is 37.8. The van der Waals surface area contributed by atoms with E-state index in [1.807, 2.05) is 55.5 Å². The number of nitrogens with zero attached hydrogens (tertiary/aromatic N) is 1. The largest absolute Gasteiger partial charge is 0.481 e. The Morgan fingerprint density at radius 1 is 1.03 bits per heavy atom. The molecule has 8 heteroatoms. The van der Waals surface area contributed by atoms with Gasteiger partial charge in [0.25, 0.3) is 0 Å². The molecule has 0 spiro atoms. The van der Waals surface area contributed by atoms with Crippen molar-refractivity contribution in [2.75, 3.05) is 17.2 Å². The first kappa shape index (κ1) is 25.7. The van der Waals surface area contributed by atoms with Crippen molar-refractivity contribution in [3.8, 4) is 11.8 Å². The van der Waals surface area contributed by atoms with Crippen LogP contribution in [-0.2, 0) is 20.9 Å². The SMILES string of the molecule is CC(CCC(=O)O)SSCCNC(=O)CCC(=O)N1Cc2ccccc2C#Cc2ccccc21. The van der Waals surface area contributed by atoms with E-state index in [9.17, 15) is 14.4 Å². The van der Waals surface area contributed by atoms with Crippen molar-refractivity contribution in [1.29, 1.82) is 0 Å². The van der Waals surface area contributed by atoms with Gasteiger partial charge in [0.05, 0.1) is 12.2 Å². The molecule has 2 aromatic rings. The second-order valence-electron chi connectivity index (χ2n) is 7.92. The zero-order chi connectivity index (χ0) is 24.3. The van der Waals surface area contributed by atoms with E-state index in [0.29, 0.717) is 19.5 Å². The number of benzene rings is 2. The number of amides is 2. The van der Waals surface area contributed by atoms with Gasteiger partial charge in [0.15, 0.2) is 0 Å². The Morgan fingerprint density at radius 2 is 1.74 bits per heavy atom. The van der Waals surface area contributed by atoms with Crippen LogP contribution in [0.5, 0.6) is 0 Å². The highest BCUT2D eigenvalue weighted by Crippen LogP contribution is 2.29. The number of nitrogens with one attached hydrogen (secondary N) is 1. The Bertz CT molecular complexity index is 1090. The van der Waals surface area contributed by atoms with Crippen molar-refractivity contribution in [3.63, 3.8) is 0 Å². The van der Waals surface area contributed by atoms with E-state index in [1.165, 1.54) is 0 Å². The van der Waals surface area contributed by atoms with Crippen LogP contribution in [0.4, 0.5) is 5.69 Å². The van der Waals surface area contributed by atoms with E-state index < -0.39 is 5.97 Å². The Morgan fingerprint density at radius 3 is 2.53 bits per heavy atom. The number of carboxylic acid groups (broad SMARTS) is 1. The lowest BCUT2D eigenvalue weighted by molar-refractivity contribution is -0.137. The van der Waals surface area contributed by atoms with E-state index in [2.05, 4.69) is 17.2 Å². The number of para-hydroxylation sites is 1. The maximum atomic E-state index is 13.1. The Hall–Kier alpha value is -2.89. The van der Waals surface area contributed by atoms with Gasteiger partial charge in [0, 0.05) is 47.9 Å². The third-order valence-electron chi connectivity index (χ3n) is 5.24. The van der Waals surface area contributed by atoms with Crippen LogP contribution >= 0.6 is 21.6 Å².